The largest absolute Gasteiger partial charge is 0.573 e. The quantitative estimate of drug-likeness (QED) is 0.0779. The van der Waals surface area contributed by atoms with Gasteiger partial charge in [-0.05, 0) is 153 Å². The first-order valence-corrected chi connectivity index (χ1v) is 35.0. The fraction of sp³-hybridized carbons (Fsp3) is 0.114. The first-order chi connectivity index (χ1) is 56.5. The van der Waals surface area contributed by atoms with Crippen molar-refractivity contribution in [1.29, 1.82) is 0 Å². The van der Waals surface area contributed by atoms with Gasteiger partial charge in [-0.3, -0.25) is 4.98 Å². The van der Waals surface area contributed by atoms with Gasteiger partial charge in [-0.1, -0.05) is 186 Å². The van der Waals surface area contributed by atoms with Crippen LogP contribution in [-0.4, -0.2) is 94.0 Å². The number of halogens is 8. The third-order valence-electron chi connectivity index (χ3n) is 15.3. The molecule has 5 radical (unpaired) electrons. The average molecular weight is 2530 g/mol. The van der Waals surface area contributed by atoms with Crippen molar-refractivity contribution in [1.82, 2.24) is 75.0 Å². The Morgan fingerprint density at radius 3 is 1.00 bits per heavy atom. The van der Waals surface area contributed by atoms with E-state index in [9.17, 15) is 35.1 Å². The zero-order chi connectivity index (χ0) is 83.4. The third-order valence-corrected chi connectivity index (χ3v) is 15.3. The van der Waals surface area contributed by atoms with E-state index in [4.69, 9.17) is 13.1 Å². The minimum absolute atomic E-state index is 0. The maximum Gasteiger partial charge on any atom is 0.431 e. The van der Waals surface area contributed by atoms with Crippen LogP contribution in [0.25, 0.3) is 77.4 Å². The molecule has 0 spiro atoms. The Morgan fingerprint density at radius 2 is 0.705 bits per heavy atom. The number of allylic oxidation sites excluding steroid dienone is 2. The number of amidine groups is 2. The molecule has 629 valence electrons. The Morgan fingerprint density at radius 1 is 0.385 bits per heavy atom. The van der Waals surface area contributed by atoms with Gasteiger partial charge in [0, 0.05) is 181 Å². The van der Waals surface area contributed by atoms with Gasteiger partial charge in [0.2, 0.25) is 11.9 Å². The van der Waals surface area contributed by atoms with Crippen molar-refractivity contribution in [2.45, 2.75) is 66.0 Å². The predicted molar refractivity (Wildman–Crippen MR) is 430 cm³/mol. The fourth-order valence-electron chi connectivity index (χ4n) is 9.78. The van der Waals surface area contributed by atoms with Crippen molar-refractivity contribution in [3.63, 3.8) is 0 Å². The summed E-state index contributed by atoms with van der Waals surface area (Å²) in [5.41, 5.74) is 9.08. The summed E-state index contributed by atoms with van der Waals surface area (Å²) in [7, 11) is 0. The number of pyridine rings is 13. The standard InChI is InChI=1S/C15H16FN2.2C11H5FN3.2C11H8FN2.2C10H9N3.C9H5F3N3.5Ir/c1-10-12(5-6-14(16)18-10)13-9-11(7-8-17-13)15(2,3)4;2*1-13-11-8(5-6-10(12)15-11)9-4-2-3-7-14-9;2*1-8-9(5-6-11(12)14-8)10-4-2-3-7-13-10;2*1-3-7-11-9(5-1)13-10-6-2-4-8-12-10;10-9(11,12)8-5-7(14-15-8)6-3-1-2-4-13-6;;;;;/h6-9H,1-4H3;2*2-4,6-7H;2*2-4,6-7H,1H3;2*1-5,7-8H,6H2;1-5H;;;;;/q5*-1;;;-1;;;;;. The van der Waals surface area contributed by atoms with Crippen molar-refractivity contribution in [2.24, 2.45) is 20.0 Å². The van der Waals surface area contributed by atoms with Gasteiger partial charge in [-0.25, -0.2) is 51.9 Å². The van der Waals surface area contributed by atoms with E-state index in [0.29, 0.717) is 56.9 Å². The van der Waals surface area contributed by atoms with Gasteiger partial charge in [-0.2, -0.15) is 13.2 Å². The second-order valence-electron chi connectivity index (χ2n) is 24.7. The van der Waals surface area contributed by atoms with Crippen molar-refractivity contribution >= 4 is 47.4 Å². The zero-order valence-corrected chi connectivity index (χ0v) is 76.8. The molecule has 34 heteroatoms. The molecule has 122 heavy (non-hydrogen) atoms. The SMILES string of the molecule is C1=CCC(=Nc2ccccn2)N=C1.C1=CCC(=Nc2ccccn2)N=C1.Cc1nc(F)c[c-]c1-c1cc(C(C)(C)C)ccn1.Cc1nc(F)c[c-]c1-c1ccccn1.Cc1nc(F)c[c-]c1-c1ccccn1.FC(F)(F)c1cc(-c2ccccn2)[n-]n1.[C-]#[N+]c1nc(F)c[c-]c1-c1ccccn1.[C-]#[N+]c1nc(F)c[c-]c1-c1ccccn1.[Ir].[Ir].[Ir].[Ir].[Ir]. The van der Waals surface area contributed by atoms with Crippen LogP contribution in [0.2, 0.25) is 0 Å². The molecule has 16 heterocycles. The van der Waals surface area contributed by atoms with Crippen molar-refractivity contribution in [3.05, 3.63) is 361 Å². The number of aryl methyl sites for hydroxylation is 3. The molecule has 0 unspecified atom stereocenters. The molecule has 0 aliphatic carbocycles. The summed E-state index contributed by atoms with van der Waals surface area (Å²) < 4.78 is 100. The number of nitrogens with zero attached hydrogens (tertiary/aromatic N) is 21. The molecule has 2 aliphatic rings. The van der Waals surface area contributed by atoms with Crippen LogP contribution in [-0.2, 0) is 112 Å². The minimum Gasteiger partial charge on any atom is -0.573 e. The Hall–Kier alpha value is -12.0. The average Bonchev–Trinajstić information content (AvgIpc) is 1.37. The minimum atomic E-state index is -4.46. The molecule has 0 saturated heterocycles. The van der Waals surface area contributed by atoms with Crippen molar-refractivity contribution in [3.8, 4) is 67.7 Å². The number of hydrogen-bond acceptors (Lipinski definition) is 16. The molecule has 0 saturated carbocycles. The molecule has 21 nitrogen and oxygen atoms in total. The summed E-state index contributed by atoms with van der Waals surface area (Å²) in [4.78, 5) is 74.0. The van der Waals surface area contributed by atoms with Crippen LogP contribution in [0.5, 0.6) is 0 Å². The third kappa shape index (κ3) is 33.5. The second kappa shape index (κ2) is 52.9. The van der Waals surface area contributed by atoms with E-state index in [2.05, 4.69) is 156 Å². The van der Waals surface area contributed by atoms with Crippen LogP contribution >= 0.6 is 0 Å². The van der Waals surface area contributed by atoms with Gasteiger partial charge in [0.15, 0.2) is 11.6 Å². The van der Waals surface area contributed by atoms with Crippen LogP contribution < -0.4 is 5.10 Å². The summed E-state index contributed by atoms with van der Waals surface area (Å²) in [6, 6.07) is 62.5. The number of alkyl halides is 3. The molecular weight excluding hydrogens is 2460 g/mol. The fourth-order valence-corrected chi connectivity index (χ4v) is 9.78. The number of hydrogen-bond donors (Lipinski definition) is 0. The van der Waals surface area contributed by atoms with E-state index < -0.39 is 41.6 Å². The number of aromatic nitrogens is 15. The van der Waals surface area contributed by atoms with Crippen molar-refractivity contribution < 1.29 is 136 Å². The van der Waals surface area contributed by atoms with Crippen LogP contribution in [0.3, 0.4) is 0 Å². The second-order valence-corrected chi connectivity index (χ2v) is 24.7. The summed E-state index contributed by atoms with van der Waals surface area (Å²) in [6.07, 6.45) is 21.7. The summed E-state index contributed by atoms with van der Waals surface area (Å²) in [5.74, 6) is 0.0497. The van der Waals surface area contributed by atoms with E-state index >= 15 is 0 Å². The first kappa shape index (κ1) is 102. The van der Waals surface area contributed by atoms with Crippen LogP contribution in [0.1, 0.15) is 62.0 Å². The molecular formula is C88H65F8Ir5N21-6. The smallest absolute Gasteiger partial charge is 0.431 e. The Labute approximate surface area is 766 Å². The van der Waals surface area contributed by atoms with E-state index in [-0.39, 0.29) is 123 Å². The number of dihydropyridines is 2. The van der Waals surface area contributed by atoms with Gasteiger partial charge in [0.1, 0.15) is 35.2 Å². The van der Waals surface area contributed by atoms with Gasteiger partial charge in [-0.15, -0.1) is 47.0 Å². The van der Waals surface area contributed by atoms with E-state index in [1.54, 1.807) is 131 Å². The monoisotopic (exact) mass is 2530 g/mol. The topological polar surface area (TPSA) is 253 Å². The van der Waals surface area contributed by atoms with Crippen molar-refractivity contribution in [2.75, 3.05) is 0 Å². The molecule has 0 amide bonds. The molecule has 0 atom stereocenters. The van der Waals surface area contributed by atoms with Crippen LogP contribution in [0.4, 0.5) is 58.4 Å². The van der Waals surface area contributed by atoms with Crippen LogP contribution in [0.15, 0.2) is 270 Å². The predicted octanol–water partition coefficient (Wildman–Crippen LogP) is 20.1. The molecule has 14 aromatic heterocycles. The zero-order valence-electron chi connectivity index (χ0n) is 64.8. The normalized spacial score (nSPS) is 11.7. The van der Waals surface area contributed by atoms with Gasteiger partial charge in [0.25, 0.3) is 0 Å². The summed E-state index contributed by atoms with van der Waals surface area (Å²) in [6.45, 7) is 25.4. The summed E-state index contributed by atoms with van der Waals surface area (Å²) in [5, 5.41) is 6.47. The Balaban J connectivity index is 0.000000291. The Kier molecular flexibility index (Phi) is 44.4. The summed E-state index contributed by atoms with van der Waals surface area (Å²) >= 11 is 0. The Bertz CT molecular complexity index is 5570. The molecule has 0 aromatic carbocycles. The van der Waals surface area contributed by atoms with E-state index in [1.165, 1.54) is 30.0 Å². The number of aliphatic imine (C=N–C) groups is 4. The molecule has 0 fully saturated rings. The maximum atomic E-state index is 13.0. The van der Waals surface area contributed by atoms with Gasteiger partial charge < -0.3 is 59.8 Å². The molecule has 0 N–H and O–H groups in total. The van der Waals surface area contributed by atoms with E-state index in [0.717, 1.165) is 76.5 Å². The maximum absolute atomic E-state index is 13.0. The first-order valence-electron chi connectivity index (χ1n) is 35.0. The van der Waals surface area contributed by atoms with Gasteiger partial charge in [0.05, 0.1) is 0 Å². The van der Waals surface area contributed by atoms with Gasteiger partial charge >= 0.3 is 17.8 Å². The van der Waals surface area contributed by atoms with E-state index in [1.807, 2.05) is 109 Å². The van der Waals surface area contributed by atoms with Crippen LogP contribution in [0, 0.1) is 94.0 Å². The molecule has 0 bridgehead atoms. The molecule has 2 aliphatic heterocycles. The molecule has 14 aromatic rings. The number of rotatable bonds is 8. The molecule has 16 rings (SSSR count).